The van der Waals surface area contributed by atoms with Gasteiger partial charge in [0.1, 0.15) is 11.7 Å². The zero-order chi connectivity index (χ0) is 19.4. The lowest BCUT2D eigenvalue weighted by molar-refractivity contribution is -0.125. The molecule has 1 fully saturated rings. The van der Waals surface area contributed by atoms with Crippen LogP contribution in [0.1, 0.15) is 23.3 Å². The van der Waals surface area contributed by atoms with Gasteiger partial charge in [0.25, 0.3) is 11.8 Å². The minimum atomic E-state index is -3.81. The van der Waals surface area contributed by atoms with E-state index in [0.717, 1.165) is 4.47 Å². The van der Waals surface area contributed by atoms with Gasteiger partial charge in [-0.05, 0) is 49.2 Å². The van der Waals surface area contributed by atoms with Gasteiger partial charge in [-0.25, -0.2) is 8.42 Å². The molecule has 0 bridgehead atoms. The fourth-order valence-corrected chi connectivity index (χ4v) is 4.72. The van der Waals surface area contributed by atoms with Crippen LogP contribution in [0.15, 0.2) is 58.0 Å². The van der Waals surface area contributed by atoms with E-state index in [1.165, 1.54) is 28.7 Å². The quantitative estimate of drug-likeness (QED) is 0.682. The molecule has 2 heterocycles. The van der Waals surface area contributed by atoms with Crippen molar-refractivity contribution >= 4 is 37.8 Å². The van der Waals surface area contributed by atoms with Crippen LogP contribution in [0.4, 0.5) is 0 Å². The van der Waals surface area contributed by atoms with Crippen LogP contribution >= 0.6 is 15.9 Å². The summed E-state index contributed by atoms with van der Waals surface area (Å²) in [6, 6.07) is 10.1. The van der Waals surface area contributed by atoms with E-state index in [1.54, 1.807) is 24.3 Å². The van der Waals surface area contributed by atoms with Gasteiger partial charge in [-0.15, -0.1) is 0 Å². The van der Waals surface area contributed by atoms with Gasteiger partial charge in [0.15, 0.2) is 0 Å². The van der Waals surface area contributed by atoms with E-state index in [-0.39, 0.29) is 17.1 Å². The Balaban J connectivity index is 1.69. The van der Waals surface area contributed by atoms with Crippen molar-refractivity contribution in [2.75, 3.05) is 6.54 Å². The van der Waals surface area contributed by atoms with Crippen LogP contribution in [0.2, 0.25) is 0 Å². The number of nitrogens with one attached hydrogen (secondary N) is 2. The second-order valence-corrected chi connectivity index (χ2v) is 8.69. The standard InChI is InChI=1S/C17H17BrN4O4S/c18-12-6-8-13(9-7-12)27(25,26)22-11-3-5-15(22)17(24)21-20-16(23)14-4-1-2-10-19-14/h1-2,4,6-10,15H,3,5,11H2,(H,20,23)(H,21,24). The average molecular weight is 453 g/mol. The maximum absolute atomic E-state index is 12.9. The number of carbonyl (C=O) groups excluding carboxylic acids is 2. The van der Waals surface area contributed by atoms with Crippen molar-refractivity contribution in [2.24, 2.45) is 0 Å². The highest BCUT2D eigenvalue weighted by Crippen LogP contribution is 2.27. The number of hydrogen-bond acceptors (Lipinski definition) is 5. The molecule has 1 aliphatic rings. The van der Waals surface area contributed by atoms with Gasteiger partial charge in [-0.1, -0.05) is 22.0 Å². The van der Waals surface area contributed by atoms with Crippen LogP contribution in [0.5, 0.6) is 0 Å². The summed E-state index contributed by atoms with van der Waals surface area (Å²) in [5.74, 6) is -1.17. The van der Waals surface area contributed by atoms with E-state index in [9.17, 15) is 18.0 Å². The van der Waals surface area contributed by atoms with Crippen molar-refractivity contribution < 1.29 is 18.0 Å². The fraction of sp³-hybridized carbons (Fsp3) is 0.235. The number of carbonyl (C=O) groups is 2. The summed E-state index contributed by atoms with van der Waals surface area (Å²) in [5, 5.41) is 0. The lowest BCUT2D eigenvalue weighted by atomic mass is 10.2. The predicted molar refractivity (Wildman–Crippen MR) is 101 cm³/mol. The number of hydrazine groups is 1. The highest BCUT2D eigenvalue weighted by Gasteiger charge is 2.39. The van der Waals surface area contributed by atoms with Gasteiger partial charge in [-0.2, -0.15) is 4.31 Å². The zero-order valence-corrected chi connectivity index (χ0v) is 16.5. The molecule has 1 aliphatic heterocycles. The maximum atomic E-state index is 12.9. The normalized spacial score (nSPS) is 17.4. The van der Waals surface area contributed by atoms with Crippen molar-refractivity contribution in [3.8, 4) is 0 Å². The number of amides is 2. The number of halogens is 1. The Morgan fingerprint density at radius 2 is 1.85 bits per heavy atom. The molecule has 0 radical (unpaired) electrons. The first-order valence-electron chi connectivity index (χ1n) is 8.18. The van der Waals surface area contributed by atoms with E-state index < -0.39 is 27.9 Å². The van der Waals surface area contributed by atoms with Crippen molar-refractivity contribution in [3.05, 3.63) is 58.8 Å². The van der Waals surface area contributed by atoms with E-state index in [1.807, 2.05) is 0 Å². The smallest absolute Gasteiger partial charge is 0.271 e. The third kappa shape index (κ3) is 4.34. The second-order valence-electron chi connectivity index (χ2n) is 5.89. The molecule has 1 aromatic heterocycles. The molecule has 3 rings (SSSR count). The summed E-state index contributed by atoms with van der Waals surface area (Å²) < 4.78 is 27.6. The van der Waals surface area contributed by atoms with E-state index in [4.69, 9.17) is 0 Å². The van der Waals surface area contributed by atoms with E-state index >= 15 is 0 Å². The Labute approximate surface area is 165 Å². The van der Waals surface area contributed by atoms with Crippen LogP contribution in [0, 0.1) is 0 Å². The number of nitrogens with zero attached hydrogens (tertiary/aromatic N) is 2. The molecule has 142 valence electrons. The molecule has 27 heavy (non-hydrogen) atoms. The second kappa shape index (κ2) is 8.15. The summed E-state index contributed by atoms with van der Waals surface area (Å²) in [4.78, 5) is 28.4. The molecule has 0 spiro atoms. The highest BCUT2D eigenvalue weighted by molar-refractivity contribution is 9.10. The summed E-state index contributed by atoms with van der Waals surface area (Å²) in [6.45, 7) is 0.241. The topological polar surface area (TPSA) is 108 Å². The molecule has 2 N–H and O–H groups in total. The van der Waals surface area contributed by atoms with Gasteiger partial charge < -0.3 is 0 Å². The molecule has 8 nitrogen and oxygen atoms in total. The number of rotatable bonds is 4. The first-order valence-corrected chi connectivity index (χ1v) is 10.4. The SMILES string of the molecule is O=C(NNC(=O)C1CCCN1S(=O)(=O)c1ccc(Br)cc1)c1ccccn1. The van der Waals surface area contributed by atoms with E-state index in [0.29, 0.717) is 12.8 Å². The Morgan fingerprint density at radius 1 is 1.11 bits per heavy atom. The van der Waals surface area contributed by atoms with Crippen molar-refractivity contribution in [2.45, 2.75) is 23.8 Å². The Kier molecular flexibility index (Phi) is 5.88. The van der Waals surface area contributed by atoms with Crippen molar-refractivity contribution in [3.63, 3.8) is 0 Å². The molecule has 2 amide bonds. The Bertz CT molecular complexity index is 935. The third-order valence-electron chi connectivity index (χ3n) is 4.12. The molecule has 0 aliphatic carbocycles. The minimum absolute atomic E-state index is 0.114. The number of benzene rings is 1. The highest BCUT2D eigenvalue weighted by atomic mass is 79.9. The molecule has 10 heteroatoms. The predicted octanol–water partition coefficient (Wildman–Crippen LogP) is 1.46. The molecule has 2 aromatic rings. The minimum Gasteiger partial charge on any atom is -0.271 e. The molecule has 1 aromatic carbocycles. The lowest BCUT2D eigenvalue weighted by Crippen LogP contribution is -2.51. The molecule has 1 unspecified atom stereocenters. The molecule has 1 saturated heterocycles. The van der Waals surface area contributed by atoms with Gasteiger partial charge in [0.2, 0.25) is 10.0 Å². The maximum Gasteiger partial charge on any atom is 0.288 e. The summed E-state index contributed by atoms with van der Waals surface area (Å²) in [6.07, 6.45) is 2.39. The molecular weight excluding hydrogens is 436 g/mol. The van der Waals surface area contributed by atoms with Gasteiger partial charge in [0.05, 0.1) is 4.90 Å². The first kappa shape index (κ1) is 19.5. The van der Waals surface area contributed by atoms with Crippen LogP contribution in [-0.4, -0.2) is 42.1 Å². The molecule has 1 atom stereocenters. The van der Waals surface area contributed by atoms with E-state index in [2.05, 4.69) is 31.8 Å². The van der Waals surface area contributed by atoms with Gasteiger partial charge in [-0.3, -0.25) is 25.4 Å². The van der Waals surface area contributed by atoms with Crippen LogP contribution in [0.3, 0.4) is 0 Å². The zero-order valence-electron chi connectivity index (χ0n) is 14.1. The number of aromatic nitrogens is 1. The number of sulfonamides is 1. The molecular formula is C17H17BrN4O4S. The fourth-order valence-electron chi connectivity index (χ4n) is 2.79. The summed E-state index contributed by atoms with van der Waals surface area (Å²) >= 11 is 3.27. The Hall–Kier alpha value is -2.30. The monoisotopic (exact) mass is 452 g/mol. The molecule has 0 saturated carbocycles. The summed E-state index contributed by atoms with van der Waals surface area (Å²) in [5.41, 5.74) is 4.70. The largest absolute Gasteiger partial charge is 0.288 e. The summed E-state index contributed by atoms with van der Waals surface area (Å²) in [7, 11) is -3.81. The van der Waals surface area contributed by atoms with Gasteiger partial charge in [0, 0.05) is 17.2 Å². The number of hydrogen-bond donors (Lipinski definition) is 2. The number of pyridine rings is 1. The van der Waals surface area contributed by atoms with Crippen LogP contribution < -0.4 is 10.9 Å². The third-order valence-corrected chi connectivity index (χ3v) is 6.57. The van der Waals surface area contributed by atoms with Crippen LogP contribution in [0.25, 0.3) is 0 Å². The average Bonchev–Trinajstić information content (AvgIpc) is 3.18. The van der Waals surface area contributed by atoms with Crippen LogP contribution in [-0.2, 0) is 14.8 Å². The van der Waals surface area contributed by atoms with Crippen molar-refractivity contribution in [1.82, 2.24) is 20.1 Å². The Morgan fingerprint density at radius 3 is 2.52 bits per heavy atom. The van der Waals surface area contributed by atoms with Gasteiger partial charge >= 0.3 is 0 Å². The first-order chi connectivity index (χ1) is 12.9. The lowest BCUT2D eigenvalue weighted by Gasteiger charge is -2.23. The van der Waals surface area contributed by atoms with Crippen molar-refractivity contribution in [1.29, 1.82) is 0 Å².